The van der Waals surface area contributed by atoms with Crippen LogP contribution in [0, 0.1) is 0 Å². The smallest absolute Gasteiger partial charge is 0.224 e. The van der Waals surface area contributed by atoms with Gasteiger partial charge in [0.05, 0.1) is 18.3 Å². The Morgan fingerprint density at radius 3 is 2.92 bits per heavy atom. The molecule has 4 heteroatoms. The average molecular weight is 169 g/mol. The van der Waals surface area contributed by atoms with Crippen molar-refractivity contribution < 1.29 is 4.79 Å². The van der Waals surface area contributed by atoms with Crippen molar-refractivity contribution in [1.29, 1.82) is 0 Å². The second kappa shape index (κ2) is 3.56. The van der Waals surface area contributed by atoms with E-state index < -0.39 is 0 Å². The van der Waals surface area contributed by atoms with Crippen molar-refractivity contribution in [3.05, 3.63) is 0 Å². The van der Waals surface area contributed by atoms with Crippen molar-refractivity contribution in [2.45, 2.75) is 25.8 Å². The summed E-state index contributed by atoms with van der Waals surface area (Å²) in [7, 11) is 1.79. The number of hydrogen-bond acceptors (Lipinski definition) is 2. The highest BCUT2D eigenvalue weighted by molar-refractivity contribution is 5.82. The van der Waals surface area contributed by atoms with E-state index in [2.05, 4.69) is 4.99 Å². The van der Waals surface area contributed by atoms with Gasteiger partial charge >= 0.3 is 0 Å². The van der Waals surface area contributed by atoms with Crippen molar-refractivity contribution in [1.82, 2.24) is 4.90 Å². The first kappa shape index (κ1) is 9.03. The fourth-order valence-electron chi connectivity index (χ4n) is 1.25. The topological polar surface area (TPSA) is 58.7 Å². The Labute approximate surface area is 72.4 Å². The molecule has 1 amide bonds. The third-order valence-corrected chi connectivity index (χ3v) is 2.03. The minimum absolute atomic E-state index is 0.0856. The molecule has 1 unspecified atom stereocenters. The number of carbonyl (C=O) groups excluding carboxylic acids is 1. The van der Waals surface area contributed by atoms with Crippen LogP contribution in [0.15, 0.2) is 4.99 Å². The normalized spacial score (nSPS) is 25.2. The Kier molecular flexibility index (Phi) is 2.68. The quantitative estimate of drug-likeness (QED) is 0.466. The fraction of sp³-hybridized carbons (Fsp3) is 0.750. The van der Waals surface area contributed by atoms with E-state index in [1.54, 1.807) is 11.9 Å². The highest BCUT2D eigenvalue weighted by Crippen LogP contribution is 2.11. The molecule has 1 heterocycles. The van der Waals surface area contributed by atoms with Crippen molar-refractivity contribution in [2.75, 3.05) is 13.6 Å². The van der Waals surface area contributed by atoms with Crippen LogP contribution in [0.4, 0.5) is 0 Å². The number of nitrogens with zero attached hydrogens (tertiary/aromatic N) is 2. The first-order valence-electron chi connectivity index (χ1n) is 4.19. The lowest BCUT2D eigenvalue weighted by atomic mass is 10.3. The lowest BCUT2D eigenvalue weighted by Crippen LogP contribution is -2.21. The van der Waals surface area contributed by atoms with Crippen LogP contribution in [0.25, 0.3) is 0 Å². The van der Waals surface area contributed by atoms with E-state index in [1.807, 2.05) is 6.92 Å². The molecule has 0 spiro atoms. The van der Waals surface area contributed by atoms with E-state index in [4.69, 9.17) is 5.73 Å². The van der Waals surface area contributed by atoms with E-state index in [0.29, 0.717) is 18.8 Å². The molecule has 0 bridgehead atoms. The number of amides is 1. The summed E-state index contributed by atoms with van der Waals surface area (Å²) in [5, 5.41) is 0. The summed E-state index contributed by atoms with van der Waals surface area (Å²) >= 11 is 0. The number of rotatable bonds is 2. The molecule has 0 saturated carbocycles. The summed E-state index contributed by atoms with van der Waals surface area (Å²) in [6.45, 7) is 2.67. The molecule has 0 aliphatic carbocycles. The van der Waals surface area contributed by atoms with Crippen LogP contribution in [-0.4, -0.2) is 36.3 Å². The Bertz CT molecular complexity index is 212. The molecule has 12 heavy (non-hydrogen) atoms. The van der Waals surface area contributed by atoms with E-state index >= 15 is 0 Å². The molecule has 1 saturated heterocycles. The van der Waals surface area contributed by atoms with Crippen LogP contribution < -0.4 is 5.73 Å². The highest BCUT2D eigenvalue weighted by atomic mass is 16.2. The Morgan fingerprint density at radius 1 is 1.83 bits per heavy atom. The summed E-state index contributed by atoms with van der Waals surface area (Å²) in [6.07, 6.45) is 1.27. The average Bonchev–Trinajstić information content (AvgIpc) is 2.31. The number of hydrogen-bond donors (Lipinski definition) is 1. The summed E-state index contributed by atoms with van der Waals surface area (Å²) < 4.78 is 0. The van der Waals surface area contributed by atoms with Crippen molar-refractivity contribution in [3.8, 4) is 0 Å². The van der Waals surface area contributed by atoms with Gasteiger partial charge in [-0.1, -0.05) is 6.92 Å². The number of nitrogens with two attached hydrogens (primary N) is 1. The lowest BCUT2D eigenvalue weighted by molar-refractivity contribution is -0.126. The van der Waals surface area contributed by atoms with Crippen molar-refractivity contribution in [3.63, 3.8) is 0 Å². The van der Waals surface area contributed by atoms with E-state index in [1.165, 1.54) is 0 Å². The largest absolute Gasteiger partial charge is 0.387 e. The van der Waals surface area contributed by atoms with E-state index in [9.17, 15) is 4.79 Å². The van der Waals surface area contributed by atoms with Crippen molar-refractivity contribution in [2.24, 2.45) is 10.7 Å². The molecule has 1 aliphatic heterocycles. The zero-order valence-electron chi connectivity index (χ0n) is 7.58. The molecule has 68 valence electrons. The van der Waals surface area contributed by atoms with Crippen LogP contribution in [0.1, 0.15) is 19.8 Å². The summed E-state index contributed by atoms with van der Waals surface area (Å²) in [5.74, 6) is 0.802. The molecule has 1 aliphatic rings. The second-order valence-corrected chi connectivity index (χ2v) is 3.11. The molecule has 1 atom stereocenters. The molecule has 2 N–H and O–H groups in total. The number of amidine groups is 1. The fourth-order valence-corrected chi connectivity index (χ4v) is 1.25. The first-order chi connectivity index (χ1) is 5.63. The van der Waals surface area contributed by atoms with Gasteiger partial charge in [-0.05, 0) is 0 Å². The summed E-state index contributed by atoms with van der Waals surface area (Å²) in [4.78, 5) is 17.0. The minimum atomic E-state index is 0.0856. The maximum Gasteiger partial charge on any atom is 0.224 e. The van der Waals surface area contributed by atoms with Gasteiger partial charge in [0.2, 0.25) is 5.91 Å². The molecule has 0 radical (unpaired) electrons. The van der Waals surface area contributed by atoms with Gasteiger partial charge in [0.1, 0.15) is 0 Å². The van der Waals surface area contributed by atoms with Gasteiger partial charge < -0.3 is 10.6 Å². The molecule has 0 aromatic rings. The molecule has 4 nitrogen and oxygen atoms in total. The molecular weight excluding hydrogens is 154 g/mol. The minimum Gasteiger partial charge on any atom is -0.387 e. The van der Waals surface area contributed by atoms with Crippen LogP contribution in [0.3, 0.4) is 0 Å². The molecule has 1 fully saturated rings. The maximum absolute atomic E-state index is 11.1. The predicted octanol–water partition coefficient (Wildman–Crippen LogP) is -0.0157. The van der Waals surface area contributed by atoms with Gasteiger partial charge in [0.15, 0.2) is 0 Å². The second-order valence-electron chi connectivity index (χ2n) is 3.11. The van der Waals surface area contributed by atoms with Crippen LogP contribution >= 0.6 is 0 Å². The number of carbonyl (C=O) groups is 1. The van der Waals surface area contributed by atoms with Gasteiger partial charge in [-0.2, -0.15) is 0 Å². The number of aliphatic imine (C=N–C) groups is 1. The SMILES string of the molecule is CCC(N)=NC1CC(=O)N(C)C1. The highest BCUT2D eigenvalue weighted by Gasteiger charge is 2.25. The number of likely N-dealkylation sites (tertiary alicyclic amines) is 1. The molecule has 1 rings (SSSR count). The molecular formula is C8H15N3O. The molecule has 0 aromatic carbocycles. The van der Waals surface area contributed by atoms with Gasteiger partial charge in [-0.3, -0.25) is 9.79 Å². The van der Waals surface area contributed by atoms with Gasteiger partial charge in [-0.15, -0.1) is 0 Å². The first-order valence-corrected chi connectivity index (χ1v) is 4.19. The number of likely N-dealkylation sites (N-methyl/N-ethyl adjacent to an activating group) is 1. The Morgan fingerprint density at radius 2 is 2.50 bits per heavy atom. The Balaban J connectivity index is 2.52. The lowest BCUT2D eigenvalue weighted by Gasteiger charge is -2.06. The van der Waals surface area contributed by atoms with Crippen LogP contribution in [0.2, 0.25) is 0 Å². The summed E-state index contributed by atoms with van der Waals surface area (Å²) in [5.41, 5.74) is 5.56. The monoisotopic (exact) mass is 169 g/mol. The predicted molar refractivity (Wildman–Crippen MR) is 48.0 cm³/mol. The van der Waals surface area contributed by atoms with Gasteiger partial charge in [0, 0.05) is 20.0 Å². The zero-order valence-corrected chi connectivity index (χ0v) is 7.58. The zero-order chi connectivity index (χ0) is 9.14. The van der Waals surface area contributed by atoms with Crippen LogP contribution in [0.5, 0.6) is 0 Å². The van der Waals surface area contributed by atoms with Gasteiger partial charge in [-0.25, -0.2) is 0 Å². The summed E-state index contributed by atoms with van der Waals surface area (Å²) in [6, 6.07) is 0.0856. The standard InChI is InChI=1S/C8H15N3O/c1-3-7(9)10-6-4-8(12)11(2)5-6/h6H,3-5H2,1-2H3,(H2,9,10). The Hall–Kier alpha value is -1.06. The van der Waals surface area contributed by atoms with Crippen LogP contribution in [-0.2, 0) is 4.79 Å². The maximum atomic E-state index is 11.1. The third-order valence-electron chi connectivity index (χ3n) is 2.03. The molecule has 0 aromatic heterocycles. The van der Waals surface area contributed by atoms with E-state index in [0.717, 1.165) is 6.42 Å². The van der Waals surface area contributed by atoms with Crippen molar-refractivity contribution >= 4 is 11.7 Å². The van der Waals surface area contributed by atoms with Gasteiger partial charge in [0.25, 0.3) is 0 Å². The third kappa shape index (κ3) is 1.96. The van der Waals surface area contributed by atoms with E-state index in [-0.39, 0.29) is 11.9 Å².